The molecule has 1 fully saturated rings. The molecule has 1 aliphatic heterocycles. The lowest BCUT2D eigenvalue weighted by Crippen LogP contribution is -2.43. The number of benzene rings is 1. The molecule has 8 nitrogen and oxygen atoms in total. The highest BCUT2D eigenvalue weighted by Gasteiger charge is 2.28. The number of nitrogens with one attached hydrogen (secondary N) is 1. The maximum Gasteiger partial charge on any atom is 0.335 e. The van der Waals surface area contributed by atoms with Gasteiger partial charge in [-0.25, -0.2) is 13.2 Å². The van der Waals surface area contributed by atoms with E-state index in [1.165, 1.54) is 12.1 Å². The number of carboxylic acids is 1. The van der Waals surface area contributed by atoms with Crippen LogP contribution in [-0.2, 0) is 19.4 Å². The van der Waals surface area contributed by atoms with Crippen molar-refractivity contribution in [3.8, 4) is 0 Å². The minimum absolute atomic E-state index is 0.0160. The molecule has 2 amide bonds. The zero-order valence-corrected chi connectivity index (χ0v) is 16.2. The summed E-state index contributed by atoms with van der Waals surface area (Å²) in [4.78, 5) is 37.4. The third kappa shape index (κ3) is 5.53. The number of amides is 2. The zero-order valence-electron chi connectivity index (χ0n) is 15.4. The molecule has 0 saturated carbocycles. The van der Waals surface area contributed by atoms with Crippen LogP contribution >= 0.6 is 0 Å². The van der Waals surface area contributed by atoms with Gasteiger partial charge in [-0.15, -0.1) is 0 Å². The van der Waals surface area contributed by atoms with Crippen LogP contribution in [0.2, 0.25) is 0 Å². The number of hydrogen-bond acceptors (Lipinski definition) is 5. The highest BCUT2D eigenvalue weighted by molar-refractivity contribution is 7.90. The number of sulfone groups is 1. The van der Waals surface area contributed by atoms with E-state index in [1.54, 1.807) is 4.90 Å². The summed E-state index contributed by atoms with van der Waals surface area (Å²) < 4.78 is 23.6. The molecule has 0 bridgehead atoms. The minimum Gasteiger partial charge on any atom is -0.478 e. The fraction of sp³-hybridized carbons (Fsp3) is 0.500. The van der Waals surface area contributed by atoms with Gasteiger partial charge < -0.3 is 15.3 Å². The quantitative estimate of drug-likeness (QED) is 0.756. The summed E-state index contributed by atoms with van der Waals surface area (Å²) in [6.07, 6.45) is 3.46. The van der Waals surface area contributed by atoms with Crippen LogP contribution in [0.25, 0.3) is 0 Å². The highest BCUT2D eigenvalue weighted by Crippen LogP contribution is 2.23. The van der Waals surface area contributed by atoms with Crippen LogP contribution in [0.15, 0.2) is 23.1 Å². The van der Waals surface area contributed by atoms with Gasteiger partial charge in [0.25, 0.3) is 0 Å². The second-order valence-electron chi connectivity index (χ2n) is 6.74. The predicted molar refractivity (Wildman–Crippen MR) is 99.4 cm³/mol. The first-order valence-corrected chi connectivity index (χ1v) is 10.7. The van der Waals surface area contributed by atoms with E-state index in [9.17, 15) is 27.9 Å². The highest BCUT2D eigenvalue weighted by atomic mass is 32.2. The number of carbonyl (C=O) groups excluding carboxylic acids is 2. The van der Waals surface area contributed by atoms with Gasteiger partial charge in [0.2, 0.25) is 11.8 Å². The van der Waals surface area contributed by atoms with Gasteiger partial charge in [-0.3, -0.25) is 9.59 Å². The molecule has 2 rings (SSSR count). The molecule has 0 aliphatic carbocycles. The van der Waals surface area contributed by atoms with Crippen molar-refractivity contribution in [2.45, 2.75) is 37.5 Å². The average Bonchev–Trinajstić information content (AvgIpc) is 2.61. The number of carbonyl (C=O) groups is 3. The second-order valence-corrected chi connectivity index (χ2v) is 8.76. The van der Waals surface area contributed by atoms with Crippen molar-refractivity contribution in [3.05, 3.63) is 23.8 Å². The summed E-state index contributed by atoms with van der Waals surface area (Å²) in [6.45, 7) is 2.85. The molecule has 1 heterocycles. The molecular formula is C18H24N2O6S. The lowest BCUT2D eigenvalue weighted by molar-refractivity contribution is -0.134. The van der Waals surface area contributed by atoms with Crippen LogP contribution in [0, 0.1) is 5.92 Å². The van der Waals surface area contributed by atoms with E-state index in [0.717, 1.165) is 18.7 Å². The van der Waals surface area contributed by atoms with Gasteiger partial charge in [-0.2, -0.15) is 0 Å². The van der Waals surface area contributed by atoms with Crippen LogP contribution in [0.5, 0.6) is 0 Å². The van der Waals surface area contributed by atoms with Crippen LogP contribution in [-0.4, -0.2) is 55.6 Å². The average molecular weight is 396 g/mol. The minimum atomic E-state index is -3.64. The molecule has 1 aromatic carbocycles. The van der Waals surface area contributed by atoms with Crippen molar-refractivity contribution in [1.82, 2.24) is 4.90 Å². The lowest BCUT2D eigenvalue weighted by atomic mass is 9.96. The van der Waals surface area contributed by atoms with Gasteiger partial charge in [0.1, 0.15) is 0 Å². The van der Waals surface area contributed by atoms with Crippen LogP contribution < -0.4 is 5.32 Å². The van der Waals surface area contributed by atoms with Crippen LogP contribution in [0.1, 0.15) is 43.0 Å². The van der Waals surface area contributed by atoms with Crippen molar-refractivity contribution in [1.29, 1.82) is 0 Å². The Morgan fingerprint density at radius 2 is 1.96 bits per heavy atom. The Kier molecular flexibility index (Phi) is 6.59. The number of carboxylic acid groups (broad SMARTS) is 1. The first-order valence-electron chi connectivity index (χ1n) is 8.79. The maximum absolute atomic E-state index is 12.6. The molecule has 0 aromatic heterocycles. The fourth-order valence-electron chi connectivity index (χ4n) is 3.04. The number of aromatic carboxylic acids is 1. The van der Waals surface area contributed by atoms with E-state index in [0.29, 0.717) is 32.4 Å². The molecule has 2 N–H and O–H groups in total. The Labute approximate surface area is 158 Å². The van der Waals surface area contributed by atoms with E-state index in [-0.39, 0.29) is 28.0 Å². The van der Waals surface area contributed by atoms with Gasteiger partial charge in [0.05, 0.1) is 16.4 Å². The normalized spacial score (nSPS) is 17.4. The first-order chi connectivity index (χ1) is 12.6. The smallest absolute Gasteiger partial charge is 0.335 e. The molecule has 1 unspecified atom stereocenters. The molecule has 1 aliphatic rings. The third-order valence-electron chi connectivity index (χ3n) is 4.46. The van der Waals surface area contributed by atoms with E-state index < -0.39 is 21.7 Å². The summed E-state index contributed by atoms with van der Waals surface area (Å²) in [5, 5.41) is 11.8. The van der Waals surface area contributed by atoms with Crippen molar-refractivity contribution >= 4 is 33.3 Å². The topological polar surface area (TPSA) is 121 Å². The predicted octanol–water partition coefficient (Wildman–Crippen LogP) is 1.77. The standard InChI is InChI=1S/C18H24N2O6S/c1-3-5-16(21)20-7-4-6-12(11-20)17(22)19-14-8-13(18(23)24)9-15(10-14)27(2,25)26/h8-10,12H,3-7,11H2,1-2H3,(H,19,22)(H,23,24). The Hall–Kier alpha value is -2.42. The number of nitrogens with zero attached hydrogens (tertiary/aromatic N) is 1. The molecule has 27 heavy (non-hydrogen) atoms. The van der Waals surface area contributed by atoms with Crippen molar-refractivity contribution in [2.24, 2.45) is 5.92 Å². The van der Waals surface area contributed by atoms with Crippen molar-refractivity contribution < 1.29 is 27.9 Å². The number of anilines is 1. The zero-order chi connectivity index (χ0) is 20.2. The molecule has 0 spiro atoms. The van der Waals surface area contributed by atoms with E-state index in [4.69, 9.17) is 0 Å². The first kappa shape index (κ1) is 20.9. The Bertz CT molecular complexity index is 849. The fourth-order valence-corrected chi connectivity index (χ4v) is 3.72. The summed E-state index contributed by atoms with van der Waals surface area (Å²) in [7, 11) is -3.64. The second kappa shape index (κ2) is 8.51. The number of hydrogen-bond donors (Lipinski definition) is 2. The molecular weight excluding hydrogens is 372 g/mol. The largest absolute Gasteiger partial charge is 0.478 e. The maximum atomic E-state index is 12.6. The van der Waals surface area contributed by atoms with Crippen LogP contribution in [0.4, 0.5) is 5.69 Å². The van der Waals surface area contributed by atoms with Crippen molar-refractivity contribution in [2.75, 3.05) is 24.7 Å². The monoisotopic (exact) mass is 396 g/mol. The molecule has 148 valence electrons. The molecule has 1 atom stereocenters. The van der Waals surface area contributed by atoms with E-state index in [2.05, 4.69) is 5.32 Å². The SMILES string of the molecule is CCCC(=O)N1CCCC(C(=O)Nc2cc(C(=O)O)cc(S(C)(=O)=O)c2)C1. The Morgan fingerprint density at radius 1 is 1.26 bits per heavy atom. The summed E-state index contributed by atoms with van der Waals surface area (Å²) in [5.41, 5.74) is -0.117. The third-order valence-corrected chi connectivity index (χ3v) is 5.55. The van der Waals surface area contributed by atoms with Gasteiger partial charge in [-0.05, 0) is 37.5 Å². The van der Waals surface area contributed by atoms with Crippen molar-refractivity contribution in [3.63, 3.8) is 0 Å². The number of piperidine rings is 1. The van der Waals surface area contributed by atoms with Gasteiger partial charge >= 0.3 is 5.97 Å². The van der Waals surface area contributed by atoms with Gasteiger partial charge in [-0.1, -0.05) is 6.92 Å². The Balaban J connectivity index is 2.18. The Morgan fingerprint density at radius 3 is 2.56 bits per heavy atom. The molecule has 1 aromatic rings. The lowest BCUT2D eigenvalue weighted by Gasteiger charge is -2.32. The number of likely N-dealkylation sites (tertiary alicyclic amines) is 1. The van der Waals surface area contributed by atoms with Gasteiger partial charge in [0, 0.05) is 31.5 Å². The molecule has 1 saturated heterocycles. The van der Waals surface area contributed by atoms with E-state index >= 15 is 0 Å². The summed E-state index contributed by atoms with van der Waals surface area (Å²) >= 11 is 0. The number of rotatable bonds is 6. The summed E-state index contributed by atoms with van der Waals surface area (Å²) in [5.74, 6) is -2.05. The van der Waals surface area contributed by atoms with E-state index in [1.807, 2.05) is 6.92 Å². The summed E-state index contributed by atoms with van der Waals surface area (Å²) in [6, 6.07) is 3.51. The van der Waals surface area contributed by atoms with Gasteiger partial charge in [0.15, 0.2) is 9.84 Å². The molecule has 9 heteroatoms. The van der Waals surface area contributed by atoms with Crippen LogP contribution in [0.3, 0.4) is 0 Å². The molecule has 0 radical (unpaired) electrons.